The Morgan fingerprint density at radius 1 is 1.42 bits per heavy atom. The summed E-state index contributed by atoms with van der Waals surface area (Å²) >= 11 is 0. The molecule has 68 valence electrons. The average molecular weight is 170 g/mol. The van der Waals surface area contributed by atoms with Crippen LogP contribution in [0, 0.1) is 0 Å². The van der Waals surface area contributed by atoms with Gasteiger partial charge >= 0.3 is 5.97 Å². The lowest BCUT2D eigenvalue weighted by Gasteiger charge is -1.93. The molecule has 0 N–H and O–H groups in total. The van der Waals surface area contributed by atoms with Crippen LogP contribution in [0.15, 0.2) is 12.2 Å². The number of rotatable bonds is 5. The van der Waals surface area contributed by atoms with E-state index in [1.807, 2.05) is 0 Å². The quantitative estimate of drug-likeness (QED) is 0.463. The first kappa shape index (κ1) is 10.9. The van der Waals surface area contributed by atoms with Gasteiger partial charge in [-0.1, -0.05) is 6.08 Å². The first-order chi connectivity index (χ1) is 5.66. The molecule has 0 unspecified atom stereocenters. The largest absolute Gasteiger partial charge is 0.463 e. The number of Topliss-reactive ketones (excluding diaryl/α,β-unsaturated/α-hetero) is 1. The summed E-state index contributed by atoms with van der Waals surface area (Å²) in [5.74, 6) is -0.218. The van der Waals surface area contributed by atoms with Crippen molar-refractivity contribution in [1.29, 1.82) is 0 Å². The average Bonchev–Trinajstić information content (AvgIpc) is 1.98. The number of carbonyl (C=O) groups excluding carboxylic acids is 2. The summed E-state index contributed by atoms with van der Waals surface area (Å²) in [5.41, 5.74) is 0. The number of hydrogen-bond acceptors (Lipinski definition) is 3. The van der Waals surface area contributed by atoms with Crippen molar-refractivity contribution in [3.63, 3.8) is 0 Å². The van der Waals surface area contributed by atoms with Gasteiger partial charge in [0, 0.05) is 12.5 Å². The van der Waals surface area contributed by atoms with Crippen LogP contribution in [0.1, 0.15) is 26.7 Å². The summed E-state index contributed by atoms with van der Waals surface area (Å²) in [6.07, 6.45) is 4.09. The van der Waals surface area contributed by atoms with Crippen LogP contribution < -0.4 is 0 Å². The molecule has 0 aliphatic heterocycles. The van der Waals surface area contributed by atoms with E-state index in [1.165, 1.54) is 13.0 Å². The molecular formula is C9H14O3. The van der Waals surface area contributed by atoms with Crippen molar-refractivity contribution < 1.29 is 14.3 Å². The Kier molecular flexibility index (Phi) is 5.97. The highest BCUT2D eigenvalue weighted by Gasteiger charge is 1.93. The van der Waals surface area contributed by atoms with E-state index in [2.05, 4.69) is 4.74 Å². The summed E-state index contributed by atoms with van der Waals surface area (Å²) in [5, 5.41) is 0. The number of ether oxygens (including phenoxy) is 1. The second-order valence-corrected chi connectivity index (χ2v) is 2.40. The van der Waals surface area contributed by atoms with E-state index in [1.54, 1.807) is 13.0 Å². The third-order valence-electron chi connectivity index (χ3n) is 1.20. The smallest absolute Gasteiger partial charge is 0.330 e. The number of esters is 1. The van der Waals surface area contributed by atoms with Crippen molar-refractivity contribution in [2.24, 2.45) is 0 Å². The Hall–Kier alpha value is -1.12. The molecule has 0 amide bonds. The van der Waals surface area contributed by atoms with Gasteiger partial charge in [-0.3, -0.25) is 0 Å². The normalized spacial score (nSPS) is 10.2. The van der Waals surface area contributed by atoms with Crippen LogP contribution in [-0.2, 0) is 14.3 Å². The molecule has 0 spiro atoms. The van der Waals surface area contributed by atoms with Gasteiger partial charge in [-0.2, -0.15) is 0 Å². The van der Waals surface area contributed by atoms with Crippen LogP contribution in [0.5, 0.6) is 0 Å². The van der Waals surface area contributed by atoms with Gasteiger partial charge in [0.1, 0.15) is 5.78 Å². The highest BCUT2D eigenvalue weighted by Crippen LogP contribution is 1.92. The van der Waals surface area contributed by atoms with Gasteiger partial charge in [0.2, 0.25) is 0 Å². The van der Waals surface area contributed by atoms with Crippen molar-refractivity contribution in [2.75, 3.05) is 6.61 Å². The minimum atomic E-state index is -0.346. The van der Waals surface area contributed by atoms with Gasteiger partial charge in [-0.15, -0.1) is 0 Å². The van der Waals surface area contributed by atoms with E-state index in [9.17, 15) is 9.59 Å². The summed E-state index contributed by atoms with van der Waals surface area (Å²) in [6, 6.07) is 0. The monoisotopic (exact) mass is 170 g/mol. The van der Waals surface area contributed by atoms with E-state index in [4.69, 9.17) is 0 Å². The molecule has 3 heteroatoms. The minimum Gasteiger partial charge on any atom is -0.463 e. The third kappa shape index (κ3) is 6.99. The lowest BCUT2D eigenvalue weighted by Crippen LogP contribution is -1.98. The second kappa shape index (κ2) is 6.58. The summed E-state index contributed by atoms with van der Waals surface area (Å²) in [4.78, 5) is 21.2. The van der Waals surface area contributed by atoms with Crippen molar-refractivity contribution in [3.05, 3.63) is 12.2 Å². The fourth-order valence-electron chi connectivity index (χ4n) is 0.657. The van der Waals surface area contributed by atoms with E-state index in [0.717, 1.165) is 0 Å². The van der Waals surface area contributed by atoms with Crippen molar-refractivity contribution >= 4 is 11.8 Å². The van der Waals surface area contributed by atoms with Crippen LogP contribution in [0.4, 0.5) is 0 Å². The molecule has 0 aliphatic carbocycles. The van der Waals surface area contributed by atoms with E-state index in [0.29, 0.717) is 19.4 Å². The Balaban J connectivity index is 3.48. The highest BCUT2D eigenvalue weighted by molar-refractivity contribution is 5.82. The fraction of sp³-hybridized carbons (Fsp3) is 0.556. The van der Waals surface area contributed by atoms with E-state index >= 15 is 0 Å². The standard InChI is InChI=1S/C9H14O3/c1-3-12-9(11)7-5-4-6-8(2)10/h5,7H,3-4,6H2,1-2H3. The zero-order valence-electron chi connectivity index (χ0n) is 7.50. The maximum absolute atomic E-state index is 10.7. The lowest BCUT2D eigenvalue weighted by atomic mass is 10.2. The molecular weight excluding hydrogens is 156 g/mol. The maximum Gasteiger partial charge on any atom is 0.330 e. The Labute approximate surface area is 72.4 Å². The number of allylic oxidation sites excluding steroid dienone is 1. The topological polar surface area (TPSA) is 43.4 Å². The zero-order valence-corrected chi connectivity index (χ0v) is 7.50. The number of hydrogen-bond donors (Lipinski definition) is 0. The van der Waals surface area contributed by atoms with Gasteiger partial charge < -0.3 is 9.53 Å². The summed E-state index contributed by atoms with van der Waals surface area (Å²) in [7, 11) is 0. The fourth-order valence-corrected chi connectivity index (χ4v) is 0.657. The van der Waals surface area contributed by atoms with Crippen LogP contribution in [0.2, 0.25) is 0 Å². The predicted molar refractivity (Wildman–Crippen MR) is 45.7 cm³/mol. The molecule has 0 radical (unpaired) electrons. The van der Waals surface area contributed by atoms with Crippen molar-refractivity contribution in [2.45, 2.75) is 26.7 Å². The number of carbonyl (C=O) groups is 2. The Bertz CT molecular complexity index is 182. The van der Waals surface area contributed by atoms with E-state index in [-0.39, 0.29) is 11.8 Å². The Morgan fingerprint density at radius 3 is 2.58 bits per heavy atom. The molecule has 0 atom stereocenters. The van der Waals surface area contributed by atoms with Crippen LogP contribution >= 0.6 is 0 Å². The SMILES string of the molecule is CCOC(=O)C=CCCC(C)=O. The van der Waals surface area contributed by atoms with Gasteiger partial charge in [-0.05, 0) is 20.3 Å². The van der Waals surface area contributed by atoms with Gasteiger partial charge in [0.05, 0.1) is 6.61 Å². The predicted octanol–water partition coefficient (Wildman–Crippen LogP) is 1.47. The first-order valence-corrected chi connectivity index (χ1v) is 3.99. The molecule has 0 saturated heterocycles. The lowest BCUT2D eigenvalue weighted by molar-refractivity contribution is -0.137. The molecule has 3 nitrogen and oxygen atoms in total. The number of ketones is 1. The molecule has 0 rings (SSSR count). The van der Waals surface area contributed by atoms with Crippen molar-refractivity contribution in [1.82, 2.24) is 0 Å². The zero-order chi connectivity index (χ0) is 9.40. The minimum absolute atomic E-state index is 0.128. The highest BCUT2D eigenvalue weighted by atomic mass is 16.5. The molecule has 0 aromatic carbocycles. The molecule has 0 aliphatic rings. The maximum atomic E-state index is 10.7. The van der Waals surface area contributed by atoms with Gasteiger partial charge in [0.25, 0.3) is 0 Å². The molecule has 12 heavy (non-hydrogen) atoms. The van der Waals surface area contributed by atoms with E-state index < -0.39 is 0 Å². The van der Waals surface area contributed by atoms with Gasteiger partial charge in [-0.25, -0.2) is 4.79 Å². The summed E-state index contributed by atoms with van der Waals surface area (Å²) in [6.45, 7) is 3.66. The van der Waals surface area contributed by atoms with Gasteiger partial charge in [0.15, 0.2) is 0 Å². The third-order valence-corrected chi connectivity index (χ3v) is 1.20. The molecule has 0 heterocycles. The molecule has 0 saturated carbocycles. The molecule has 0 aromatic heterocycles. The molecule has 0 bridgehead atoms. The van der Waals surface area contributed by atoms with Crippen LogP contribution in [0.3, 0.4) is 0 Å². The van der Waals surface area contributed by atoms with Crippen LogP contribution in [-0.4, -0.2) is 18.4 Å². The second-order valence-electron chi connectivity index (χ2n) is 2.40. The molecule has 0 aromatic rings. The first-order valence-electron chi connectivity index (χ1n) is 3.99. The Morgan fingerprint density at radius 2 is 2.08 bits per heavy atom. The van der Waals surface area contributed by atoms with Crippen LogP contribution in [0.25, 0.3) is 0 Å². The van der Waals surface area contributed by atoms with Crippen molar-refractivity contribution in [3.8, 4) is 0 Å². The molecule has 0 fully saturated rings. The summed E-state index contributed by atoms with van der Waals surface area (Å²) < 4.78 is 4.64.